The maximum atomic E-state index is 5.81. The number of hydrogen-bond donors (Lipinski definition) is 1. The topological polar surface area (TPSA) is 38.5 Å². The van der Waals surface area contributed by atoms with Crippen molar-refractivity contribution < 1.29 is 4.74 Å². The van der Waals surface area contributed by atoms with Crippen LogP contribution in [0.1, 0.15) is 16.7 Å². The fourth-order valence-electron chi connectivity index (χ4n) is 2.60. The minimum atomic E-state index is 0.573. The quantitative estimate of drug-likeness (QED) is 0.926. The van der Waals surface area contributed by atoms with Gasteiger partial charge in [0, 0.05) is 36.2 Å². The summed E-state index contributed by atoms with van der Waals surface area (Å²) in [5.74, 6) is 1.01. The maximum Gasteiger partial charge on any atom is 0.123 e. The SMILES string of the molecule is NCc1ccc(CN2CCOc3ccccc3C2)c(Br)c1. The molecule has 0 spiro atoms. The number of fused-ring (bicyclic) bond motifs is 1. The predicted octanol–water partition coefficient (Wildman–Crippen LogP) is 3.30. The number of ether oxygens (including phenoxy) is 1. The zero-order valence-electron chi connectivity index (χ0n) is 11.9. The number of benzene rings is 2. The fraction of sp³-hybridized carbons (Fsp3) is 0.294. The van der Waals surface area contributed by atoms with Crippen LogP contribution in [-0.4, -0.2) is 18.1 Å². The third kappa shape index (κ3) is 3.46. The molecule has 1 aliphatic rings. The first-order valence-corrected chi connectivity index (χ1v) is 7.96. The zero-order valence-corrected chi connectivity index (χ0v) is 13.5. The molecule has 0 amide bonds. The summed E-state index contributed by atoms with van der Waals surface area (Å²) < 4.78 is 6.94. The van der Waals surface area contributed by atoms with Crippen molar-refractivity contribution in [1.29, 1.82) is 0 Å². The van der Waals surface area contributed by atoms with Crippen LogP contribution in [0, 0.1) is 0 Å². The minimum Gasteiger partial charge on any atom is -0.492 e. The Balaban J connectivity index is 1.76. The van der Waals surface area contributed by atoms with E-state index in [9.17, 15) is 0 Å². The lowest BCUT2D eigenvalue weighted by Gasteiger charge is -2.20. The lowest BCUT2D eigenvalue weighted by Crippen LogP contribution is -2.25. The summed E-state index contributed by atoms with van der Waals surface area (Å²) in [7, 11) is 0. The van der Waals surface area contributed by atoms with Crippen LogP contribution >= 0.6 is 15.9 Å². The molecule has 0 atom stereocenters. The van der Waals surface area contributed by atoms with Gasteiger partial charge in [-0.15, -0.1) is 0 Å². The number of para-hydroxylation sites is 1. The number of nitrogens with zero attached hydrogens (tertiary/aromatic N) is 1. The van der Waals surface area contributed by atoms with Gasteiger partial charge in [-0.25, -0.2) is 0 Å². The zero-order chi connectivity index (χ0) is 14.7. The second-order valence-corrected chi connectivity index (χ2v) is 6.15. The van der Waals surface area contributed by atoms with Gasteiger partial charge in [0.15, 0.2) is 0 Å². The Bertz CT molecular complexity index is 630. The third-order valence-corrected chi connectivity index (χ3v) is 4.52. The molecule has 0 aromatic heterocycles. The molecule has 1 heterocycles. The normalized spacial score (nSPS) is 15.1. The number of halogens is 1. The Morgan fingerprint density at radius 1 is 1.19 bits per heavy atom. The van der Waals surface area contributed by atoms with Gasteiger partial charge in [-0.1, -0.05) is 46.3 Å². The molecule has 2 aromatic rings. The summed E-state index contributed by atoms with van der Waals surface area (Å²) >= 11 is 3.65. The molecule has 0 aliphatic carbocycles. The highest BCUT2D eigenvalue weighted by atomic mass is 79.9. The summed E-state index contributed by atoms with van der Waals surface area (Å²) in [6, 6.07) is 14.6. The number of rotatable bonds is 3. The summed E-state index contributed by atoms with van der Waals surface area (Å²) in [5, 5.41) is 0. The largest absolute Gasteiger partial charge is 0.492 e. The van der Waals surface area contributed by atoms with E-state index >= 15 is 0 Å². The first-order valence-electron chi connectivity index (χ1n) is 7.16. The number of nitrogens with two attached hydrogens (primary N) is 1. The average molecular weight is 347 g/mol. The van der Waals surface area contributed by atoms with Crippen LogP contribution in [-0.2, 0) is 19.6 Å². The molecule has 1 aliphatic heterocycles. The van der Waals surface area contributed by atoms with E-state index < -0.39 is 0 Å². The molecule has 0 saturated carbocycles. The molecule has 2 N–H and O–H groups in total. The second kappa shape index (κ2) is 6.60. The Labute approximate surface area is 133 Å². The van der Waals surface area contributed by atoms with Crippen LogP contribution < -0.4 is 10.5 Å². The van der Waals surface area contributed by atoms with Gasteiger partial charge in [0.05, 0.1) is 0 Å². The Morgan fingerprint density at radius 2 is 2.05 bits per heavy atom. The Hall–Kier alpha value is -1.36. The minimum absolute atomic E-state index is 0.573. The van der Waals surface area contributed by atoms with Crippen LogP contribution in [0.5, 0.6) is 5.75 Å². The van der Waals surface area contributed by atoms with Gasteiger partial charge in [-0.2, -0.15) is 0 Å². The number of hydrogen-bond acceptors (Lipinski definition) is 3. The highest BCUT2D eigenvalue weighted by Crippen LogP contribution is 2.25. The molecule has 110 valence electrons. The van der Waals surface area contributed by atoms with Crippen molar-refractivity contribution in [2.45, 2.75) is 19.6 Å². The smallest absolute Gasteiger partial charge is 0.123 e. The molecule has 0 fully saturated rings. The van der Waals surface area contributed by atoms with Gasteiger partial charge in [0.1, 0.15) is 12.4 Å². The lowest BCUT2D eigenvalue weighted by atomic mass is 10.1. The standard InChI is InChI=1S/C17H19BrN2O/c18-16-9-13(10-19)5-6-14(16)11-20-7-8-21-17-4-2-1-3-15(17)12-20/h1-6,9H,7-8,10-12,19H2. The molecule has 0 bridgehead atoms. The molecule has 3 nitrogen and oxygen atoms in total. The van der Waals surface area contributed by atoms with Gasteiger partial charge in [-0.05, 0) is 23.3 Å². The van der Waals surface area contributed by atoms with Gasteiger partial charge in [0.25, 0.3) is 0 Å². The fourth-order valence-corrected chi connectivity index (χ4v) is 3.15. The molecule has 3 rings (SSSR count). The van der Waals surface area contributed by atoms with E-state index in [-0.39, 0.29) is 0 Å². The van der Waals surface area contributed by atoms with Crippen molar-refractivity contribution in [2.75, 3.05) is 13.2 Å². The van der Waals surface area contributed by atoms with E-state index in [1.54, 1.807) is 0 Å². The van der Waals surface area contributed by atoms with Crippen molar-refractivity contribution in [1.82, 2.24) is 4.90 Å². The van der Waals surface area contributed by atoms with Crippen molar-refractivity contribution in [2.24, 2.45) is 5.73 Å². The van der Waals surface area contributed by atoms with Crippen LogP contribution in [0.15, 0.2) is 46.9 Å². The summed E-state index contributed by atoms with van der Waals surface area (Å²) in [5.41, 5.74) is 9.37. The van der Waals surface area contributed by atoms with Crippen molar-refractivity contribution in [3.63, 3.8) is 0 Å². The van der Waals surface area contributed by atoms with E-state index in [4.69, 9.17) is 10.5 Å². The Kier molecular flexibility index (Phi) is 4.58. The molecular weight excluding hydrogens is 328 g/mol. The van der Waals surface area contributed by atoms with Crippen LogP contribution in [0.25, 0.3) is 0 Å². The molecule has 4 heteroatoms. The van der Waals surface area contributed by atoms with Crippen molar-refractivity contribution >= 4 is 15.9 Å². The van der Waals surface area contributed by atoms with E-state index in [1.807, 2.05) is 12.1 Å². The third-order valence-electron chi connectivity index (χ3n) is 3.78. The van der Waals surface area contributed by atoms with Gasteiger partial charge >= 0.3 is 0 Å². The van der Waals surface area contributed by atoms with Gasteiger partial charge in [-0.3, -0.25) is 4.90 Å². The van der Waals surface area contributed by atoms with Crippen LogP contribution in [0.2, 0.25) is 0 Å². The molecule has 0 unspecified atom stereocenters. The molecule has 2 aromatic carbocycles. The van der Waals surface area contributed by atoms with Crippen LogP contribution in [0.3, 0.4) is 0 Å². The maximum absolute atomic E-state index is 5.81. The second-order valence-electron chi connectivity index (χ2n) is 5.30. The first kappa shape index (κ1) is 14.6. The van der Waals surface area contributed by atoms with Crippen LogP contribution in [0.4, 0.5) is 0 Å². The van der Waals surface area contributed by atoms with E-state index in [2.05, 4.69) is 51.2 Å². The summed E-state index contributed by atoms with van der Waals surface area (Å²) in [6.45, 7) is 4.06. The van der Waals surface area contributed by atoms with Crippen molar-refractivity contribution in [3.8, 4) is 5.75 Å². The Morgan fingerprint density at radius 3 is 2.86 bits per heavy atom. The van der Waals surface area contributed by atoms with E-state index in [1.165, 1.54) is 11.1 Å². The molecule has 0 radical (unpaired) electrons. The van der Waals surface area contributed by atoms with Gasteiger partial charge < -0.3 is 10.5 Å². The monoisotopic (exact) mass is 346 g/mol. The van der Waals surface area contributed by atoms with Gasteiger partial charge in [0.2, 0.25) is 0 Å². The highest BCUT2D eigenvalue weighted by molar-refractivity contribution is 9.10. The first-order chi connectivity index (χ1) is 10.3. The summed E-state index contributed by atoms with van der Waals surface area (Å²) in [4.78, 5) is 2.41. The average Bonchev–Trinajstić information content (AvgIpc) is 2.71. The molecular formula is C17H19BrN2O. The molecule has 0 saturated heterocycles. The van der Waals surface area contributed by atoms with E-state index in [0.29, 0.717) is 6.54 Å². The van der Waals surface area contributed by atoms with E-state index in [0.717, 1.165) is 42.0 Å². The highest BCUT2D eigenvalue weighted by Gasteiger charge is 2.15. The lowest BCUT2D eigenvalue weighted by molar-refractivity contribution is 0.219. The summed E-state index contributed by atoms with van der Waals surface area (Å²) in [6.07, 6.45) is 0. The molecule has 21 heavy (non-hydrogen) atoms. The predicted molar refractivity (Wildman–Crippen MR) is 88.1 cm³/mol. The van der Waals surface area contributed by atoms with Crippen molar-refractivity contribution in [3.05, 3.63) is 63.6 Å².